The summed E-state index contributed by atoms with van der Waals surface area (Å²) in [6.07, 6.45) is 4.02. The van der Waals surface area contributed by atoms with Crippen molar-refractivity contribution in [3.05, 3.63) is 79.7 Å². The van der Waals surface area contributed by atoms with E-state index in [0.717, 1.165) is 31.2 Å². The van der Waals surface area contributed by atoms with Gasteiger partial charge in [-0.1, -0.05) is 68.3 Å². The second kappa shape index (κ2) is 8.47. The molecule has 0 atom stereocenters. The number of hydrogen-bond acceptors (Lipinski definition) is 2. The third-order valence-corrected chi connectivity index (χ3v) is 5.97. The Morgan fingerprint density at radius 3 is 1.65 bits per heavy atom. The van der Waals surface area contributed by atoms with Crippen LogP contribution in [0, 0.1) is 0 Å². The lowest BCUT2D eigenvalue weighted by Gasteiger charge is -2.33. The van der Waals surface area contributed by atoms with E-state index in [0.29, 0.717) is 19.1 Å². The number of ketones is 1. The topological polar surface area (TPSA) is 20.3 Å². The van der Waals surface area contributed by atoms with Crippen LogP contribution < -0.4 is 0 Å². The van der Waals surface area contributed by atoms with Crippen LogP contribution >= 0.6 is 31.9 Å². The van der Waals surface area contributed by atoms with Crippen LogP contribution in [0.25, 0.3) is 12.2 Å². The highest BCUT2D eigenvalue weighted by Crippen LogP contribution is 2.27. The minimum Gasteiger partial charge on any atom is -0.292 e. The van der Waals surface area contributed by atoms with E-state index in [1.807, 2.05) is 60.7 Å². The molecule has 1 aliphatic rings. The van der Waals surface area contributed by atoms with E-state index >= 15 is 0 Å². The lowest BCUT2D eigenvalue weighted by atomic mass is 9.93. The van der Waals surface area contributed by atoms with E-state index in [1.165, 1.54) is 0 Å². The summed E-state index contributed by atoms with van der Waals surface area (Å²) in [4.78, 5) is 15.5. The van der Waals surface area contributed by atoms with Crippen LogP contribution in [0.15, 0.2) is 68.6 Å². The molecule has 134 valence electrons. The molecule has 0 unspecified atom stereocenters. The fraction of sp³-hybridized carbons (Fsp3) is 0.227. The summed E-state index contributed by atoms with van der Waals surface area (Å²) in [6.45, 7) is 5.68. The summed E-state index contributed by atoms with van der Waals surface area (Å²) in [5.41, 5.74) is 3.72. The molecule has 0 aliphatic carbocycles. The molecular formula is C22H21Br2NO. The molecule has 1 aliphatic heterocycles. The molecule has 1 saturated heterocycles. The van der Waals surface area contributed by atoms with E-state index in [1.54, 1.807) is 0 Å². The first-order chi connectivity index (χ1) is 12.5. The molecule has 2 aromatic rings. The summed E-state index contributed by atoms with van der Waals surface area (Å²) < 4.78 is 2.00. The SMILES string of the molecule is CC(C)N1CC(=Cc2ccccc2Br)C(=O)C(=Cc2ccccc2Br)C1. The molecule has 0 saturated carbocycles. The number of Topliss-reactive ketones (excluding diaryl/α,β-unsaturated/α-hetero) is 1. The van der Waals surface area contributed by atoms with Crippen molar-refractivity contribution < 1.29 is 4.79 Å². The molecule has 0 bridgehead atoms. The highest BCUT2D eigenvalue weighted by atomic mass is 79.9. The normalized spacial score (nSPS) is 18.9. The fourth-order valence-corrected chi connectivity index (χ4v) is 3.79. The zero-order valence-electron chi connectivity index (χ0n) is 14.9. The van der Waals surface area contributed by atoms with Gasteiger partial charge in [0.15, 0.2) is 5.78 Å². The Morgan fingerprint density at radius 2 is 1.27 bits per heavy atom. The van der Waals surface area contributed by atoms with Gasteiger partial charge in [0, 0.05) is 39.2 Å². The van der Waals surface area contributed by atoms with Crippen LogP contribution in [-0.2, 0) is 4.79 Å². The molecule has 0 aromatic heterocycles. The standard InChI is InChI=1S/C22H21Br2NO/c1-15(2)25-13-18(11-16-7-3-5-9-20(16)23)22(26)19(14-25)12-17-8-4-6-10-21(17)24/h3-12,15H,13-14H2,1-2H3. The third-order valence-electron chi connectivity index (χ3n) is 4.53. The minimum atomic E-state index is 0.133. The van der Waals surface area contributed by atoms with Gasteiger partial charge in [0.2, 0.25) is 0 Å². The molecule has 26 heavy (non-hydrogen) atoms. The van der Waals surface area contributed by atoms with Crippen molar-refractivity contribution in [2.24, 2.45) is 0 Å². The maximum Gasteiger partial charge on any atom is 0.187 e. The smallest absolute Gasteiger partial charge is 0.187 e. The predicted octanol–water partition coefficient (Wildman–Crippen LogP) is 5.97. The molecule has 1 heterocycles. The number of hydrogen-bond donors (Lipinski definition) is 0. The minimum absolute atomic E-state index is 0.133. The highest BCUT2D eigenvalue weighted by molar-refractivity contribution is 9.10. The number of benzene rings is 2. The molecule has 0 radical (unpaired) electrons. The number of rotatable bonds is 3. The van der Waals surface area contributed by atoms with Gasteiger partial charge in [0.05, 0.1) is 0 Å². The molecular weight excluding hydrogens is 454 g/mol. The second-order valence-electron chi connectivity index (χ2n) is 6.71. The highest BCUT2D eigenvalue weighted by Gasteiger charge is 2.27. The Morgan fingerprint density at radius 1 is 0.846 bits per heavy atom. The van der Waals surface area contributed by atoms with Crippen molar-refractivity contribution in [2.45, 2.75) is 19.9 Å². The molecule has 0 spiro atoms. The molecule has 0 amide bonds. The Bertz CT molecular complexity index is 816. The van der Waals surface area contributed by atoms with E-state index in [9.17, 15) is 4.79 Å². The van der Waals surface area contributed by atoms with E-state index in [4.69, 9.17) is 0 Å². The number of carbonyl (C=O) groups is 1. The van der Waals surface area contributed by atoms with Gasteiger partial charge in [-0.25, -0.2) is 0 Å². The van der Waals surface area contributed by atoms with Gasteiger partial charge in [-0.2, -0.15) is 0 Å². The average Bonchev–Trinajstić information content (AvgIpc) is 2.61. The van der Waals surface area contributed by atoms with E-state index in [2.05, 4.69) is 50.6 Å². The van der Waals surface area contributed by atoms with Crippen LogP contribution in [0.1, 0.15) is 25.0 Å². The molecule has 4 heteroatoms. The molecule has 2 aromatic carbocycles. The summed E-state index contributed by atoms with van der Waals surface area (Å²) >= 11 is 7.15. The Labute approximate surface area is 171 Å². The maximum absolute atomic E-state index is 13.1. The first-order valence-electron chi connectivity index (χ1n) is 8.64. The van der Waals surface area contributed by atoms with Gasteiger partial charge in [-0.15, -0.1) is 0 Å². The zero-order valence-corrected chi connectivity index (χ0v) is 18.0. The maximum atomic E-state index is 13.1. The Hall–Kier alpha value is -1.49. The molecule has 1 fully saturated rings. The van der Waals surface area contributed by atoms with E-state index < -0.39 is 0 Å². The predicted molar refractivity (Wildman–Crippen MR) is 116 cm³/mol. The van der Waals surface area contributed by atoms with Gasteiger partial charge in [-0.05, 0) is 49.3 Å². The quantitative estimate of drug-likeness (QED) is 0.510. The van der Waals surface area contributed by atoms with Gasteiger partial charge >= 0.3 is 0 Å². The second-order valence-corrected chi connectivity index (χ2v) is 8.42. The number of carbonyl (C=O) groups excluding carboxylic acids is 1. The first kappa shape index (κ1) is 19.3. The zero-order chi connectivity index (χ0) is 18.7. The number of nitrogens with zero attached hydrogens (tertiary/aromatic N) is 1. The molecule has 3 rings (SSSR count). The fourth-order valence-electron chi connectivity index (χ4n) is 2.99. The third kappa shape index (κ3) is 4.43. The monoisotopic (exact) mass is 473 g/mol. The van der Waals surface area contributed by atoms with Crippen molar-refractivity contribution in [2.75, 3.05) is 13.1 Å². The van der Waals surface area contributed by atoms with Crippen molar-refractivity contribution in [3.63, 3.8) is 0 Å². The van der Waals surface area contributed by atoms with E-state index in [-0.39, 0.29) is 5.78 Å². The Kier molecular flexibility index (Phi) is 6.28. The van der Waals surface area contributed by atoms with Crippen molar-refractivity contribution in [3.8, 4) is 0 Å². The summed E-state index contributed by atoms with van der Waals surface area (Å²) in [7, 11) is 0. The number of halogens is 2. The summed E-state index contributed by atoms with van der Waals surface area (Å²) in [5, 5.41) is 0. The molecule has 0 N–H and O–H groups in total. The molecule has 2 nitrogen and oxygen atoms in total. The summed E-state index contributed by atoms with van der Waals surface area (Å²) in [6, 6.07) is 16.3. The van der Waals surface area contributed by atoms with Gasteiger partial charge in [-0.3, -0.25) is 9.69 Å². The lowest BCUT2D eigenvalue weighted by molar-refractivity contribution is -0.113. The van der Waals surface area contributed by atoms with Crippen LogP contribution in [0.4, 0.5) is 0 Å². The first-order valence-corrected chi connectivity index (χ1v) is 10.2. The summed E-state index contributed by atoms with van der Waals surface area (Å²) in [5.74, 6) is 0.133. The van der Waals surface area contributed by atoms with Crippen LogP contribution in [0.2, 0.25) is 0 Å². The van der Waals surface area contributed by atoms with Crippen LogP contribution in [0.3, 0.4) is 0 Å². The van der Waals surface area contributed by atoms with Crippen molar-refractivity contribution in [1.82, 2.24) is 4.90 Å². The number of likely N-dealkylation sites (tertiary alicyclic amines) is 1. The lowest BCUT2D eigenvalue weighted by Crippen LogP contribution is -2.41. The van der Waals surface area contributed by atoms with Crippen molar-refractivity contribution in [1.29, 1.82) is 0 Å². The Balaban J connectivity index is 2.02. The van der Waals surface area contributed by atoms with Gasteiger partial charge in [0.1, 0.15) is 0 Å². The van der Waals surface area contributed by atoms with Gasteiger partial charge in [0.25, 0.3) is 0 Å². The van der Waals surface area contributed by atoms with Crippen LogP contribution in [-0.4, -0.2) is 29.8 Å². The van der Waals surface area contributed by atoms with Crippen LogP contribution in [0.5, 0.6) is 0 Å². The largest absolute Gasteiger partial charge is 0.292 e. The van der Waals surface area contributed by atoms with Gasteiger partial charge < -0.3 is 0 Å². The average molecular weight is 475 g/mol. The number of piperidine rings is 1. The van der Waals surface area contributed by atoms with Crippen molar-refractivity contribution >= 4 is 49.8 Å².